The lowest BCUT2D eigenvalue weighted by Crippen LogP contribution is -2.38. The molecular weight excluding hydrogens is 406 g/mol. The normalized spacial score (nSPS) is 22.3. The van der Waals surface area contributed by atoms with Crippen molar-refractivity contribution in [3.05, 3.63) is 48.3 Å². The number of nitrogens with zero attached hydrogens (tertiary/aromatic N) is 5. The van der Waals surface area contributed by atoms with Crippen molar-refractivity contribution in [2.24, 2.45) is 13.0 Å². The van der Waals surface area contributed by atoms with Gasteiger partial charge in [-0.1, -0.05) is 18.2 Å². The highest BCUT2D eigenvalue weighted by molar-refractivity contribution is 5.70. The molecule has 3 aliphatic rings. The van der Waals surface area contributed by atoms with Crippen molar-refractivity contribution < 1.29 is 0 Å². The molecule has 2 aromatic heterocycles. The van der Waals surface area contributed by atoms with E-state index in [-0.39, 0.29) is 5.41 Å². The molecule has 0 amide bonds. The predicted molar refractivity (Wildman–Crippen MR) is 135 cm³/mol. The lowest BCUT2D eigenvalue weighted by atomic mass is 9.59. The van der Waals surface area contributed by atoms with Gasteiger partial charge in [0.15, 0.2) is 5.82 Å². The number of hydrogen-bond acceptors (Lipinski definition) is 4. The summed E-state index contributed by atoms with van der Waals surface area (Å²) in [5, 5.41) is 4.86. The maximum Gasteiger partial charge on any atom is 0.159 e. The van der Waals surface area contributed by atoms with Crippen LogP contribution in [-0.4, -0.2) is 31.8 Å². The highest BCUT2D eigenvalue weighted by atomic mass is 15.4. The molecule has 174 valence electrons. The van der Waals surface area contributed by atoms with Crippen LogP contribution >= 0.6 is 0 Å². The molecule has 2 bridgehead atoms. The molecule has 33 heavy (non-hydrogen) atoms. The maximum absolute atomic E-state index is 5.12. The summed E-state index contributed by atoms with van der Waals surface area (Å²) in [6.07, 6.45) is 9.90. The molecular formula is C28H37N5. The summed E-state index contributed by atoms with van der Waals surface area (Å²) in [5.74, 6) is 2.93. The second-order valence-electron chi connectivity index (χ2n) is 10.7. The first kappa shape index (κ1) is 22.1. The summed E-state index contributed by atoms with van der Waals surface area (Å²) in [4.78, 5) is 12.2. The fourth-order valence-electron chi connectivity index (χ4n) is 6.21. The van der Waals surface area contributed by atoms with Crippen molar-refractivity contribution in [3.8, 4) is 22.6 Å². The molecule has 3 saturated carbocycles. The SMILES string of the molecule is CC(C)N(c1cc(-c2cccc(-c3nccc(C45CCC(CC4)CC5)n3)c2)nn1C)C(C)C. The Labute approximate surface area is 198 Å². The Bertz CT molecular complexity index is 1100. The number of hydrogen-bond donors (Lipinski definition) is 0. The van der Waals surface area contributed by atoms with Gasteiger partial charge in [-0.3, -0.25) is 4.68 Å². The molecule has 0 unspecified atom stereocenters. The lowest BCUT2D eigenvalue weighted by molar-refractivity contribution is 0.132. The largest absolute Gasteiger partial charge is 0.352 e. The van der Waals surface area contributed by atoms with E-state index < -0.39 is 0 Å². The highest BCUT2D eigenvalue weighted by Gasteiger charge is 2.42. The van der Waals surface area contributed by atoms with E-state index in [9.17, 15) is 0 Å². The quantitative estimate of drug-likeness (QED) is 0.443. The van der Waals surface area contributed by atoms with Gasteiger partial charge >= 0.3 is 0 Å². The number of benzene rings is 1. The minimum atomic E-state index is 0.275. The molecule has 3 fully saturated rings. The highest BCUT2D eigenvalue weighted by Crippen LogP contribution is 2.51. The van der Waals surface area contributed by atoms with Crippen LogP contribution in [0.3, 0.4) is 0 Å². The van der Waals surface area contributed by atoms with E-state index in [1.54, 1.807) is 0 Å². The first-order valence-electron chi connectivity index (χ1n) is 12.6. The minimum absolute atomic E-state index is 0.275. The molecule has 0 aliphatic heterocycles. The third kappa shape index (κ3) is 4.07. The smallest absolute Gasteiger partial charge is 0.159 e. The second-order valence-corrected chi connectivity index (χ2v) is 10.7. The molecule has 6 rings (SSSR count). The van der Waals surface area contributed by atoms with Crippen LogP contribution in [0.4, 0.5) is 5.82 Å². The Morgan fingerprint density at radius 1 is 0.939 bits per heavy atom. The molecule has 0 N–H and O–H groups in total. The fourth-order valence-corrected chi connectivity index (χ4v) is 6.21. The van der Waals surface area contributed by atoms with Gasteiger partial charge in [-0.2, -0.15) is 5.10 Å². The zero-order valence-corrected chi connectivity index (χ0v) is 20.8. The summed E-state index contributed by atoms with van der Waals surface area (Å²) in [6, 6.07) is 13.7. The van der Waals surface area contributed by atoms with Gasteiger partial charge in [0.25, 0.3) is 0 Å². The molecule has 0 radical (unpaired) electrons. The summed E-state index contributed by atoms with van der Waals surface area (Å²) < 4.78 is 2.00. The van der Waals surface area contributed by atoms with Gasteiger partial charge in [0.05, 0.1) is 11.4 Å². The van der Waals surface area contributed by atoms with Crippen molar-refractivity contribution in [3.63, 3.8) is 0 Å². The van der Waals surface area contributed by atoms with E-state index in [2.05, 4.69) is 74.0 Å². The van der Waals surface area contributed by atoms with Crippen molar-refractivity contribution in [2.75, 3.05) is 4.90 Å². The van der Waals surface area contributed by atoms with Crippen LogP contribution in [0.2, 0.25) is 0 Å². The van der Waals surface area contributed by atoms with Crippen LogP contribution in [-0.2, 0) is 12.5 Å². The van der Waals surface area contributed by atoms with Crippen LogP contribution in [0.25, 0.3) is 22.6 Å². The Morgan fingerprint density at radius 3 is 2.27 bits per heavy atom. The molecule has 5 heteroatoms. The summed E-state index contributed by atoms with van der Waals surface area (Å²) in [6.45, 7) is 8.93. The van der Waals surface area contributed by atoms with Gasteiger partial charge in [-0.25, -0.2) is 9.97 Å². The van der Waals surface area contributed by atoms with E-state index in [1.807, 2.05) is 17.9 Å². The zero-order valence-electron chi connectivity index (χ0n) is 20.8. The number of fused-ring (bicyclic) bond motifs is 3. The van der Waals surface area contributed by atoms with Crippen LogP contribution < -0.4 is 4.90 Å². The minimum Gasteiger partial charge on any atom is -0.352 e. The van der Waals surface area contributed by atoms with Gasteiger partial charge in [-0.15, -0.1) is 0 Å². The summed E-state index contributed by atoms with van der Waals surface area (Å²) >= 11 is 0. The third-order valence-electron chi connectivity index (χ3n) is 7.94. The van der Waals surface area contributed by atoms with E-state index in [1.165, 1.54) is 44.2 Å². The van der Waals surface area contributed by atoms with E-state index >= 15 is 0 Å². The van der Waals surface area contributed by atoms with Crippen molar-refractivity contribution in [1.29, 1.82) is 0 Å². The molecule has 5 nitrogen and oxygen atoms in total. The molecule has 3 aliphatic carbocycles. The Kier molecular flexibility index (Phi) is 5.75. The first-order chi connectivity index (χ1) is 15.9. The van der Waals surface area contributed by atoms with Crippen molar-refractivity contribution in [2.45, 2.75) is 83.7 Å². The number of rotatable bonds is 6. The van der Waals surface area contributed by atoms with Crippen molar-refractivity contribution in [1.82, 2.24) is 19.7 Å². The van der Waals surface area contributed by atoms with Crippen LogP contribution in [0, 0.1) is 5.92 Å². The average Bonchev–Trinajstić information content (AvgIpc) is 3.21. The molecule has 2 heterocycles. The van der Waals surface area contributed by atoms with Gasteiger partial charge < -0.3 is 4.90 Å². The Balaban J connectivity index is 1.47. The number of aromatic nitrogens is 4. The zero-order chi connectivity index (χ0) is 23.2. The molecule has 0 saturated heterocycles. The van der Waals surface area contributed by atoms with Gasteiger partial charge in [-0.05, 0) is 84.3 Å². The van der Waals surface area contributed by atoms with E-state index in [0.717, 1.165) is 34.4 Å². The number of anilines is 1. The summed E-state index contributed by atoms with van der Waals surface area (Å²) in [7, 11) is 2.03. The Morgan fingerprint density at radius 2 is 1.61 bits per heavy atom. The molecule has 0 atom stereocenters. The predicted octanol–water partition coefficient (Wildman–Crippen LogP) is 6.39. The fraction of sp³-hybridized carbons (Fsp3) is 0.536. The first-order valence-corrected chi connectivity index (χ1v) is 12.6. The van der Waals surface area contributed by atoms with Crippen LogP contribution in [0.5, 0.6) is 0 Å². The topological polar surface area (TPSA) is 46.8 Å². The average molecular weight is 444 g/mol. The van der Waals surface area contributed by atoms with E-state index in [4.69, 9.17) is 10.1 Å². The van der Waals surface area contributed by atoms with Gasteiger partial charge in [0.1, 0.15) is 5.82 Å². The Hall–Kier alpha value is -2.69. The summed E-state index contributed by atoms with van der Waals surface area (Å²) in [5.41, 5.74) is 4.68. The van der Waals surface area contributed by atoms with Crippen LogP contribution in [0.1, 0.15) is 71.9 Å². The molecule has 3 aromatic rings. The number of aryl methyl sites for hydroxylation is 1. The molecule has 1 aromatic carbocycles. The second kappa shape index (κ2) is 8.58. The molecule has 0 spiro atoms. The van der Waals surface area contributed by atoms with Crippen molar-refractivity contribution >= 4 is 5.82 Å². The monoisotopic (exact) mass is 443 g/mol. The van der Waals surface area contributed by atoms with Crippen LogP contribution in [0.15, 0.2) is 42.6 Å². The van der Waals surface area contributed by atoms with Gasteiger partial charge in [0, 0.05) is 47.9 Å². The van der Waals surface area contributed by atoms with E-state index in [0.29, 0.717) is 12.1 Å². The standard InChI is InChI=1S/C28H37N5/c1-19(2)33(20(3)4)26-18-24(31-32(26)5)22-7-6-8-23(17-22)27-29-16-12-25(30-27)28-13-9-21(10-14-28)11-15-28/h6-8,12,16-21H,9-11,13-15H2,1-5H3. The lowest BCUT2D eigenvalue weighted by Gasteiger charge is -2.46. The van der Waals surface area contributed by atoms with Gasteiger partial charge in [0.2, 0.25) is 0 Å². The third-order valence-corrected chi connectivity index (χ3v) is 7.94. The maximum atomic E-state index is 5.12.